The van der Waals surface area contributed by atoms with Crippen molar-refractivity contribution >= 4 is 0 Å². The van der Waals surface area contributed by atoms with Gasteiger partial charge < -0.3 is 10.2 Å². The molecule has 0 aromatic heterocycles. The molecule has 0 bridgehead atoms. The predicted octanol–water partition coefficient (Wildman–Crippen LogP) is -0.0872. The SMILES string of the molecule is CC1CN(C)C(C2CN(C)C(C)CN2C)CN1. The molecule has 17 heavy (non-hydrogen) atoms. The van der Waals surface area contributed by atoms with E-state index in [0.29, 0.717) is 24.2 Å². The third-order valence-corrected chi connectivity index (χ3v) is 4.59. The quantitative estimate of drug-likeness (QED) is 0.692. The molecule has 2 rings (SSSR count). The van der Waals surface area contributed by atoms with Crippen LogP contribution >= 0.6 is 0 Å². The second-order valence-electron chi connectivity index (χ2n) is 6.11. The van der Waals surface area contributed by atoms with E-state index in [1.807, 2.05) is 0 Å². The molecule has 0 saturated carbocycles. The minimum Gasteiger partial charge on any atom is -0.311 e. The van der Waals surface area contributed by atoms with Crippen molar-refractivity contribution in [3.8, 4) is 0 Å². The zero-order chi connectivity index (χ0) is 12.6. The van der Waals surface area contributed by atoms with Crippen molar-refractivity contribution < 1.29 is 0 Å². The third-order valence-electron chi connectivity index (χ3n) is 4.59. The molecular formula is C13H28N4. The average molecular weight is 240 g/mol. The lowest BCUT2D eigenvalue weighted by Crippen LogP contribution is -2.66. The van der Waals surface area contributed by atoms with Gasteiger partial charge in [-0.25, -0.2) is 0 Å². The lowest BCUT2D eigenvalue weighted by atomic mass is 9.98. The molecule has 4 unspecified atom stereocenters. The topological polar surface area (TPSA) is 21.8 Å². The van der Waals surface area contributed by atoms with Gasteiger partial charge in [-0.1, -0.05) is 0 Å². The van der Waals surface area contributed by atoms with Crippen LogP contribution in [-0.4, -0.2) is 86.2 Å². The number of piperazine rings is 2. The largest absolute Gasteiger partial charge is 0.311 e. The second-order valence-corrected chi connectivity index (χ2v) is 6.11. The Labute approximate surface area is 106 Å². The predicted molar refractivity (Wildman–Crippen MR) is 72.4 cm³/mol. The number of hydrogen-bond donors (Lipinski definition) is 1. The van der Waals surface area contributed by atoms with Gasteiger partial charge in [0.25, 0.3) is 0 Å². The molecule has 0 aliphatic carbocycles. The van der Waals surface area contributed by atoms with Crippen molar-refractivity contribution in [3.05, 3.63) is 0 Å². The fourth-order valence-corrected chi connectivity index (χ4v) is 3.26. The second kappa shape index (κ2) is 5.22. The first-order valence-corrected chi connectivity index (χ1v) is 6.83. The van der Waals surface area contributed by atoms with Crippen LogP contribution in [0.3, 0.4) is 0 Å². The first-order chi connectivity index (χ1) is 7.99. The average Bonchev–Trinajstić information content (AvgIpc) is 2.24. The molecule has 4 nitrogen and oxygen atoms in total. The summed E-state index contributed by atoms with van der Waals surface area (Å²) in [6.45, 7) is 9.23. The van der Waals surface area contributed by atoms with Gasteiger partial charge in [-0.2, -0.15) is 0 Å². The summed E-state index contributed by atoms with van der Waals surface area (Å²) in [7, 11) is 6.80. The Bertz CT molecular complexity index is 258. The normalized spacial score (nSPS) is 42.9. The van der Waals surface area contributed by atoms with Crippen LogP contribution in [0, 0.1) is 0 Å². The molecule has 100 valence electrons. The lowest BCUT2D eigenvalue weighted by molar-refractivity contribution is 0.00896. The maximum Gasteiger partial charge on any atom is 0.0388 e. The van der Waals surface area contributed by atoms with E-state index in [0.717, 1.165) is 13.1 Å². The fraction of sp³-hybridized carbons (Fsp3) is 1.00. The number of hydrogen-bond acceptors (Lipinski definition) is 4. The van der Waals surface area contributed by atoms with Crippen molar-refractivity contribution in [1.82, 2.24) is 20.0 Å². The highest BCUT2D eigenvalue weighted by Crippen LogP contribution is 2.19. The highest BCUT2D eigenvalue weighted by atomic mass is 15.3. The fourth-order valence-electron chi connectivity index (χ4n) is 3.26. The Morgan fingerprint density at radius 2 is 1.47 bits per heavy atom. The molecule has 4 heteroatoms. The molecule has 0 aromatic rings. The summed E-state index contributed by atoms with van der Waals surface area (Å²) >= 11 is 0. The maximum absolute atomic E-state index is 3.62. The van der Waals surface area contributed by atoms with Gasteiger partial charge in [-0.3, -0.25) is 9.80 Å². The molecule has 4 atom stereocenters. The van der Waals surface area contributed by atoms with Gasteiger partial charge in [0.15, 0.2) is 0 Å². The summed E-state index contributed by atoms with van der Waals surface area (Å²) in [5.74, 6) is 0. The van der Waals surface area contributed by atoms with Crippen LogP contribution in [0.25, 0.3) is 0 Å². The molecule has 2 saturated heterocycles. The van der Waals surface area contributed by atoms with E-state index in [1.54, 1.807) is 0 Å². The van der Waals surface area contributed by atoms with Crippen LogP contribution in [0.15, 0.2) is 0 Å². The van der Waals surface area contributed by atoms with Crippen LogP contribution in [0.1, 0.15) is 13.8 Å². The van der Waals surface area contributed by atoms with E-state index >= 15 is 0 Å². The van der Waals surface area contributed by atoms with Gasteiger partial charge >= 0.3 is 0 Å². The van der Waals surface area contributed by atoms with Gasteiger partial charge in [0.2, 0.25) is 0 Å². The number of nitrogens with one attached hydrogen (secondary N) is 1. The van der Waals surface area contributed by atoms with E-state index < -0.39 is 0 Å². The van der Waals surface area contributed by atoms with Gasteiger partial charge in [-0.05, 0) is 35.0 Å². The first kappa shape index (κ1) is 13.3. The van der Waals surface area contributed by atoms with Crippen molar-refractivity contribution in [2.75, 3.05) is 47.3 Å². The standard InChI is InChI=1S/C13H28N4/c1-10-7-16(4)12(6-14-10)13-9-15(3)11(2)8-17(13)5/h10-14H,6-9H2,1-5H3. The zero-order valence-corrected chi connectivity index (χ0v) is 12.0. The monoisotopic (exact) mass is 240 g/mol. The summed E-state index contributed by atoms with van der Waals surface area (Å²) in [6.07, 6.45) is 0. The van der Waals surface area contributed by atoms with Crippen molar-refractivity contribution in [2.45, 2.75) is 38.0 Å². The summed E-state index contributed by atoms with van der Waals surface area (Å²) in [5, 5.41) is 3.62. The Balaban J connectivity index is 2.01. The summed E-state index contributed by atoms with van der Waals surface area (Å²) in [6, 6.07) is 2.60. The highest BCUT2D eigenvalue weighted by molar-refractivity contribution is 4.96. The van der Waals surface area contributed by atoms with Gasteiger partial charge in [0, 0.05) is 50.3 Å². The van der Waals surface area contributed by atoms with Gasteiger partial charge in [0.1, 0.15) is 0 Å². The molecule has 2 heterocycles. The molecule has 0 spiro atoms. The van der Waals surface area contributed by atoms with Crippen molar-refractivity contribution in [1.29, 1.82) is 0 Å². The molecule has 0 radical (unpaired) electrons. The van der Waals surface area contributed by atoms with E-state index in [4.69, 9.17) is 0 Å². The Hall–Kier alpha value is -0.160. The zero-order valence-electron chi connectivity index (χ0n) is 12.0. The van der Waals surface area contributed by atoms with Crippen LogP contribution in [-0.2, 0) is 0 Å². The van der Waals surface area contributed by atoms with E-state index in [1.165, 1.54) is 13.1 Å². The molecule has 2 fully saturated rings. The van der Waals surface area contributed by atoms with E-state index in [2.05, 4.69) is 55.0 Å². The van der Waals surface area contributed by atoms with Crippen LogP contribution < -0.4 is 5.32 Å². The van der Waals surface area contributed by atoms with Crippen LogP contribution in [0.4, 0.5) is 0 Å². The van der Waals surface area contributed by atoms with Crippen molar-refractivity contribution in [2.24, 2.45) is 0 Å². The smallest absolute Gasteiger partial charge is 0.0388 e. The lowest BCUT2D eigenvalue weighted by Gasteiger charge is -2.49. The minimum atomic E-state index is 0.627. The van der Waals surface area contributed by atoms with E-state index in [9.17, 15) is 0 Å². The third kappa shape index (κ3) is 2.81. The molecular weight excluding hydrogens is 212 g/mol. The highest BCUT2D eigenvalue weighted by Gasteiger charge is 2.36. The van der Waals surface area contributed by atoms with E-state index in [-0.39, 0.29) is 0 Å². The first-order valence-electron chi connectivity index (χ1n) is 6.83. The van der Waals surface area contributed by atoms with Crippen molar-refractivity contribution in [3.63, 3.8) is 0 Å². The maximum atomic E-state index is 3.62. The number of rotatable bonds is 1. The molecule has 0 aromatic carbocycles. The van der Waals surface area contributed by atoms with Crippen LogP contribution in [0.5, 0.6) is 0 Å². The minimum absolute atomic E-state index is 0.627. The summed E-state index contributed by atoms with van der Waals surface area (Å²) in [5.41, 5.74) is 0. The Kier molecular flexibility index (Phi) is 4.08. The van der Waals surface area contributed by atoms with Gasteiger partial charge in [-0.15, -0.1) is 0 Å². The Morgan fingerprint density at radius 3 is 2.12 bits per heavy atom. The molecule has 1 N–H and O–H groups in total. The summed E-state index contributed by atoms with van der Waals surface area (Å²) < 4.78 is 0. The number of nitrogens with zero attached hydrogens (tertiary/aromatic N) is 3. The molecule has 0 amide bonds. The molecule has 2 aliphatic rings. The summed E-state index contributed by atoms with van der Waals surface area (Å²) in [4.78, 5) is 7.58. The Morgan fingerprint density at radius 1 is 0.824 bits per heavy atom. The molecule has 2 aliphatic heterocycles. The van der Waals surface area contributed by atoms with Crippen LogP contribution in [0.2, 0.25) is 0 Å². The number of likely N-dealkylation sites (N-methyl/N-ethyl adjacent to an activating group) is 3. The van der Waals surface area contributed by atoms with Gasteiger partial charge in [0.05, 0.1) is 0 Å².